The number of rotatable bonds is 10. The van der Waals surface area contributed by atoms with Crippen molar-refractivity contribution >= 4 is 39.8 Å². The first-order valence-corrected chi connectivity index (χ1v) is 10.8. The van der Waals surface area contributed by atoms with E-state index in [2.05, 4.69) is 34.4 Å². The van der Waals surface area contributed by atoms with Crippen molar-refractivity contribution in [3.05, 3.63) is 29.8 Å². The van der Waals surface area contributed by atoms with E-state index in [9.17, 15) is 8.42 Å². The highest BCUT2D eigenvalue weighted by molar-refractivity contribution is 14.0. The molecular formula is C18H33IN4O2S. The topological polar surface area (TPSA) is 73.8 Å². The average molecular weight is 496 g/mol. The maximum absolute atomic E-state index is 11.5. The Labute approximate surface area is 175 Å². The van der Waals surface area contributed by atoms with Gasteiger partial charge in [0, 0.05) is 25.9 Å². The number of aliphatic imine (C=N–C) groups is 1. The van der Waals surface area contributed by atoms with Crippen LogP contribution in [0.2, 0.25) is 0 Å². The molecule has 150 valence electrons. The number of hydrogen-bond acceptors (Lipinski definition) is 4. The Kier molecular flexibility index (Phi) is 12.9. The summed E-state index contributed by atoms with van der Waals surface area (Å²) < 4.78 is 22.9. The van der Waals surface area contributed by atoms with Crippen molar-refractivity contribution < 1.29 is 8.42 Å². The Hall–Kier alpha value is -0.870. The predicted octanol–water partition coefficient (Wildman–Crippen LogP) is 2.15. The molecule has 0 amide bonds. The van der Waals surface area contributed by atoms with E-state index in [4.69, 9.17) is 0 Å². The van der Waals surface area contributed by atoms with Crippen LogP contribution in [0.25, 0.3) is 0 Å². The van der Waals surface area contributed by atoms with Crippen molar-refractivity contribution in [3.8, 4) is 0 Å². The maximum atomic E-state index is 11.5. The van der Waals surface area contributed by atoms with E-state index < -0.39 is 9.84 Å². The molecule has 1 rings (SSSR count). The molecule has 0 aliphatic rings. The molecule has 0 aliphatic heterocycles. The molecule has 2 N–H and O–H groups in total. The molecule has 0 aromatic heterocycles. The van der Waals surface area contributed by atoms with Crippen LogP contribution in [-0.4, -0.2) is 64.8 Å². The molecule has 1 aromatic carbocycles. The molecular weight excluding hydrogens is 463 g/mol. The van der Waals surface area contributed by atoms with Crippen LogP contribution in [0, 0.1) is 0 Å². The summed E-state index contributed by atoms with van der Waals surface area (Å²) in [6.07, 6.45) is 2.03. The molecule has 1 aromatic rings. The molecule has 0 aliphatic carbocycles. The lowest BCUT2D eigenvalue weighted by Crippen LogP contribution is -2.39. The van der Waals surface area contributed by atoms with Crippen LogP contribution in [0.3, 0.4) is 0 Å². The van der Waals surface area contributed by atoms with Crippen LogP contribution in [0.15, 0.2) is 34.2 Å². The molecule has 0 fully saturated rings. The summed E-state index contributed by atoms with van der Waals surface area (Å²) in [6, 6.07) is 7.05. The van der Waals surface area contributed by atoms with E-state index in [0.29, 0.717) is 4.90 Å². The lowest BCUT2D eigenvalue weighted by molar-refractivity contribution is 0.313. The summed E-state index contributed by atoms with van der Waals surface area (Å²) in [4.78, 5) is 7.30. The van der Waals surface area contributed by atoms with Crippen LogP contribution < -0.4 is 10.6 Å². The minimum absolute atomic E-state index is 0. The number of sulfone groups is 1. The highest BCUT2D eigenvalue weighted by Gasteiger charge is 2.06. The molecule has 0 saturated heterocycles. The fraction of sp³-hybridized carbons (Fsp3) is 0.611. The molecule has 0 unspecified atom stereocenters. The van der Waals surface area contributed by atoms with E-state index in [1.54, 1.807) is 12.1 Å². The summed E-state index contributed by atoms with van der Waals surface area (Å²) in [7, 11) is -3.13. The van der Waals surface area contributed by atoms with Crippen molar-refractivity contribution in [1.82, 2.24) is 15.5 Å². The van der Waals surface area contributed by atoms with E-state index in [1.807, 2.05) is 19.1 Å². The Balaban J connectivity index is 0.00000625. The summed E-state index contributed by atoms with van der Waals surface area (Å²) >= 11 is 0. The monoisotopic (exact) mass is 496 g/mol. The Morgan fingerprint density at radius 3 is 2.19 bits per heavy atom. The Morgan fingerprint density at radius 1 is 1.08 bits per heavy atom. The zero-order valence-electron chi connectivity index (χ0n) is 16.3. The third-order valence-corrected chi connectivity index (χ3v) is 5.11. The average Bonchev–Trinajstić information content (AvgIpc) is 2.58. The van der Waals surface area contributed by atoms with Gasteiger partial charge in [0.25, 0.3) is 0 Å². The van der Waals surface area contributed by atoms with Gasteiger partial charge < -0.3 is 15.5 Å². The van der Waals surface area contributed by atoms with Crippen LogP contribution in [-0.2, 0) is 16.3 Å². The molecule has 0 spiro atoms. The van der Waals surface area contributed by atoms with Crippen LogP contribution in [0.5, 0.6) is 0 Å². The highest BCUT2D eigenvalue weighted by Crippen LogP contribution is 2.10. The molecule has 6 nitrogen and oxygen atoms in total. The molecule has 8 heteroatoms. The fourth-order valence-corrected chi connectivity index (χ4v) is 3.04. The first-order chi connectivity index (χ1) is 11.9. The van der Waals surface area contributed by atoms with Crippen molar-refractivity contribution in [2.75, 3.05) is 45.5 Å². The highest BCUT2D eigenvalue weighted by atomic mass is 127. The largest absolute Gasteiger partial charge is 0.357 e. The Bertz CT molecular complexity index is 629. The number of nitrogens with one attached hydrogen (secondary N) is 2. The minimum Gasteiger partial charge on any atom is -0.357 e. The van der Waals surface area contributed by atoms with Crippen molar-refractivity contribution in [1.29, 1.82) is 0 Å². The summed E-state index contributed by atoms with van der Waals surface area (Å²) in [5.74, 6) is 0.822. The normalized spacial score (nSPS) is 12.0. The quantitative estimate of drug-likeness (QED) is 0.295. The van der Waals surface area contributed by atoms with Gasteiger partial charge in [0.2, 0.25) is 0 Å². The minimum atomic E-state index is -3.13. The van der Waals surface area contributed by atoms with E-state index in [0.717, 1.165) is 57.2 Å². The lowest BCUT2D eigenvalue weighted by atomic mass is 10.1. The van der Waals surface area contributed by atoms with Crippen molar-refractivity contribution in [2.45, 2.75) is 32.1 Å². The van der Waals surface area contributed by atoms with Gasteiger partial charge in [-0.05, 0) is 44.1 Å². The zero-order valence-corrected chi connectivity index (χ0v) is 19.4. The third-order valence-electron chi connectivity index (χ3n) is 3.98. The van der Waals surface area contributed by atoms with E-state index in [1.165, 1.54) is 6.26 Å². The smallest absolute Gasteiger partial charge is 0.191 e. The molecule has 0 saturated carbocycles. The predicted molar refractivity (Wildman–Crippen MR) is 120 cm³/mol. The summed E-state index contributed by atoms with van der Waals surface area (Å²) in [5, 5.41) is 6.57. The number of benzene rings is 1. The molecule has 0 radical (unpaired) electrons. The van der Waals surface area contributed by atoms with E-state index >= 15 is 0 Å². The van der Waals surface area contributed by atoms with Gasteiger partial charge in [0.15, 0.2) is 15.8 Å². The van der Waals surface area contributed by atoms with Crippen molar-refractivity contribution in [3.63, 3.8) is 0 Å². The number of likely N-dealkylation sites (N-methyl/N-ethyl adjacent to an activating group) is 1. The SMILES string of the molecule is CCNC(=NCCN(CC)CC)NCCc1ccc(S(C)(=O)=O)cc1.I. The first-order valence-electron chi connectivity index (χ1n) is 8.94. The van der Waals surface area contributed by atoms with Gasteiger partial charge >= 0.3 is 0 Å². The standard InChI is InChI=1S/C18H32N4O2S.HI/c1-5-19-18(21-14-15-22(6-2)7-3)20-13-12-16-8-10-17(11-9-16)25(4,23)24;/h8-11H,5-7,12-15H2,1-4H3,(H2,19,20,21);1H. The third kappa shape index (κ3) is 9.72. The number of hydrogen-bond donors (Lipinski definition) is 2. The number of guanidine groups is 1. The van der Waals surface area contributed by atoms with Crippen LogP contribution in [0.4, 0.5) is 0 Å². The zero-order chi connectivity index (χ0) is 18.7. The Morgan fingerprint density at radius 2 is 1.69 bits per heavy atom. The molecule has 26 heavy (non-hydrogen) atoms. The molecule has 0 bridgehead atoms. The second-order valence-electron chi connectivity index (χ2n) is 5.88. The summed E-state index contributed by atoms with van der Waals surface area (Å²) in [6.45, 7) is 11.7. The second kappa shape index (κ2) is 13.3. The van der Waals surface area contributed by atoms with Gasteiger partial charge in [-0.3, -0.25) is 4.99 Å². The van der Waals surface area contributed by atoms with Gasteiger partial charge in [0.05, 0.1) is 11.4 Å². The first kappa shape index (κ1) is 25.1. The summed E-state index contributed by atoms with van der Waals surface area (Å²) in [5.41, 5.74) is 1.10. The van der Waals surface area contributed by atoms with Gasteiger partial charge in [-0.15, -0.1) is 24.0 Å². The fourth-order valence-electron chi connectivity index (χ4n) is 2.41. The van der Waals surface area contributed by atoms with E-state index in [-0.39, 0.29) is 24.0 Å². The second-order valence-corrected chi connectivity index (χ2v) is 7.90. The maximum Gasteiger partial charge on any atom is 0.191 e. The lowest BCUT2D eigenvalue weighted by Gasteiger charge is -2.17. The van der Waals surface area contributed by atoms with Crippen molar-refractivity contribution in [2.24, 2.45) is 4.99 Å². The van der Waals surface area contributed by atoms with Crippen LogP contribution in [0.1, 0.15) is 26.3 Å². The molecule has 0 atom stereocenters. The molecule has 0 heterocycles. The number of halogens is 1. The van der Waals surface area contributed by atoms with Crippen LogP contribution >= 0.6 is 24.0 Å². The van der Waals surface area contributed by atoms with Gasteiger partial charge in [-0.2, -0.15) is 0 Å². The van der Waals surface area contributed by atoms with Gasteiger partial charge in [-0.25, -0.2) is 8.42 Å². The number of nitrogens with zero attached hydrogens (tertiary/aromatic N) is 2. The van der Waals surface area contributed by atoms with Gasteiger partial charge in [0.1, 0.15) is 0 Å². The van der Waals surface area contributed by atoms with Gasteiger partial charge in [-0.1, -0.05) is 26.0 Å².